The molecule has 0 fully saturated rings. The van der Waals surface area contributed by atoms with Crippen LogP contribution in [0.1, 0.15) is 0 Å². The molecule has 0 spiro atoms. The average molecular weight is 454 g/mol. The van der Waals surface area contributed by atoms with Gasteiger partial charge in [0.2, 0.25) is 0 Å². The minimum atomic E-state index is -4.89. The minimum absolute atomic E-state index is 0.300. The Balaban J connectivity index is 1.92. The van der Waals surface area contributed by atoms with Crippen LogP contribution in [0.4, 0.5) is 0 Å². The fourth-order valence-corrected chi connectivity index (χ4v) is 5.81. The number of aromatic amines is 1. The zero-order valence-corrected chi connectivity index (χ0v) is 16.9. The topological polar surface area (TPSA) is 163 Å². The van der Waals surface area contributed by atoms with Crippen LogP contribution < -0.4 is 0 Å². The molecule has 0 atom stereocenters. The lowest BCUT2D eigenvalue weighted by Crippen LogP contribution is -2.09. The first-order valence-electron chi connectivity index (χ1n) is 8.84. The van der Waals surface area contributed by atoms with Gasteiger partial charge in [0, 0.05) is 16.5 Å². The Kier molecular flexibility index (Phi) is 3.32. The van der Waals surface area contributed by atoms with E-state index in [4.69, 9.17) is 0 Å². The smallest absolute Gasteiger partial charge is 0.299 e. The van der Waals surface area contributed by atoms with E-state index in [0.717, 1.165) is 17.1 Å². The number of rotatable bonds is 2. The van der Waals surface area contributed by atoms with Crippen LogP contribution in [-0.4, -0.2) is 45.9 Å². The first kappa shape index (κ1) is 18.3. The van der Waals surface area contributed by atoms with Crippen molar-refractivity contribution in [2.45, 2.75) is 9.79 Å². The Labute approximate surface area is 174 Å². The molecule has 0 aliphatic heterocycles. The fraction of sp³-hybridized carbons (Fsp3) is 0. The van der Waals surface area contributed by atoms with E-state index in [1.165, 1.54) is 0 Å². The zero-order valence-electron chi connectivity index (χ0n) is 15.2. The first-order chi connectivity index (χ1) is 14.7. The number of imidazole rings is 1. The Morgan fingerprint density at radius 3 is 1.84 bits per heavy atom. The molecule has 3 aromatic carbocycles. The molecule has 1 aliphatic carbocycles. The standard InChI is InChI=1S/C19H10N4O6S2/c24-30(25,26)18-14-15(21-7-20-14)19(31(27,28)29)17-16(18)22-12-9-5-1-3-8-4-2-6-10(11(8)9)13(12)23-17/h1-7H,(H,20,21)(H,24,25,26)(H,27,28,29). The number of fused-ring (bicyclic) bond motifs is 5. The third-order valence-corrected chi connectivity index (χ3v) is 7.15. The van der Waals surface area contributed by atoms with Crippen LogP contribution in [0.2, 0.25) is 0 Å². The van der Waals surface area contributed by atoms with Gasteiger partial charge in [-0.15, -0.1) is 0 Å². The fourth-order valence-electron chi connectivity index (χ4n) is 4.23. The quantitative estimate of drug-likeness (QED) is 0.334. The van der Waals surface area contributed by atoms with E-state index in [1.807, 2.05) is 24.3 Å². The molecule has 3 N–H and O–H groups in total. The number of nitrogens with one attached hydrogen (secondary N) is 1. The number of aromatic nitrogens is 4. The van der Waals surface area contributed by atoms with Crippen LogP contribution in [0.25, 0.3) is 55.4 Å². The van der Waals surface area contributed by atoms with Gasteiger partial charge in [0.05, 0.1) is 23.2 Å². The van der Waals surface area contributed by atoms with Gasteiger partial charge in [-0.25, -0.2) is 15.0 Å². The lowest BCUT2D eigenvalue weighted by molar-refractivity contribution is 0.481. The van der Waals surface area contributed by atoms with Crippen molar-refractivity contribution in [1.82, 2.24) is 19.9 Å². The van der Waals surface area contributed by atoms with Crippen molar-refractivity contribution in [1.29, 1.82) is 0 Å². The minimum Gasteiger partial charge on any atom is -0.343 e. The summed E-state index contributed by atoms with van der Waals surface area (Å²) in [6, 6.07) is 11.0. The number of nitrogens with zero attached hydrogens (tertiary/aromatic N) is 3. The lowest BCUT2D eigenvalue weighted by atomic mass is 10.0. The molecule has 10 nitrogen and oxygen atoms in total. The van der Waals surface area contributed by atoms with E-state index in [1.54, 1.807) is 12.1 Å². The highest BCUT2D eigenvalue weighted by molar-refractivity contribution is 7.87. The van der Waals surface area contributed by atoms with Gasteiger partial charge in [-0.3, -0.25) is 9.11 Å². The van der Waals surface area contributed by atoms with Crippen LogP contribution in [0.15, 0.2) is 52.5 Å². The van der Waals surface area contributed by atoms with Crippen molar-refractivity contribution in [3.05, 3.63) is 42.7 Å². The second kappa shape index (κ2) is 5.62. The maximum atomic E-state index is 12.3. The van der Waals surface area contributed by atoms with Crippen LogP contribution in [0.5, 0.6) is 0 Å². The summed E-state index contributed by atoms with van der Waals surface area (Å²) in [5.41, 5.74) is 0.584. The summed E-state index contributed by atoms with van der Waals surface area (Å²) in [5.74, 6) is 0. The normalized spacial score (nSPS) is 13.4. The average Bonchev–Trinajstić information content (AvgIpc) is 3.27. The Hall–Kier alpha value is -3.45. The van der Waals surface area contributed by atoms with E-state index in [9.17, 15) is 25.9 Å². The van der Waals surface area contributed by atoms with Gasteiger partial charge in [-0.2, -0.15) is 16.8 Å². The number of H-pyrrole nitrogens is 1. The second-order valence-electron chi connectivity index (χ2n) is 7.06. The molecule has 0 amide bonds. The van der Waals surface area contributed by atoms with E-state index < -0.39 is 41.1 Å². The summed E-state index contributed by atoms with van der Waals surface area (Å²) in [7, 11) is -9.76. The molecule has 0 radical (unpaired) electrons. The molecule has 1 aliphatic rings. The molecule has 0 saturated heterocycles. The summed E-state index contributed by atoms with van der Waals surface area (Å²) in [6.07, 6.45) is 1.05. The third kappa shape index (κ3) is 2.35. The second-order valence-corrected chi connectivity index (χ2v) is 9.78. The van der Waals surface area contributed by atoms with Gasteiger partial charge in [0.15, 0.2) is 0 Å². The van der Waals surface area contributed by atoms with Gasteiger partial charge < -0.3 is 4.98 Å². The number of hydrogen-bond donors (Lipinski definition) is 3. The van der Waals surface area contributed by atoms with Crippen LogP contribution in [-0.2, 0) is 20.2 Å². The third-order valence-electron chi connectivity index (χ3n) is 5.34. The highest BCUT2D eigenvalue weighted by Gasteiger charge is 2.33. The summed E-state index contributed by atoms with van der Waals surface area (Å²) in [5, 5.41) is 1.73. The molecule has 5 aromatic rings. The molecule has 2 aromatic heterocycles. The van der Waals surface area contributed by atoms with Gasteiger partial charge in [0.1, 0.15) is 26.3 Å². The predicted molar refractivity (Wildman–Crippen MR) is 111 cm³/mol. The Morgan fingerprint density at radius 2 is 1.29 bits per heavy atom. The lowest BCUT2D eigenvalue weighted by Gasteiger charge is -2.11. The maximum absolute atomic E-state index is 12.3. The largest absolute Gasteiger partial charge is 0.343 e. The van der Waals surface area contributed by atoms with Crippen molar-refractivity contribution in [3.8, 4) is 22.5 Å². The van der Waals surface area contributed by atoms with Crippen molar-refractivity contribution in [2.24, 2.45) is 0 Å². The van der Waals surface area contributed by atoms with E-state index in [-0.39, 0.29) is 11.0 Å². The van der Waals surface area contributed by atoms with Crippen LogP contribution >= 0.6 is 0 Å². The molecule has 12 heteroatoms. The Bertz CT molecular complexity index is 1710. The van der Waals surface area contributed by atoms with Crippen molar-refractivity contribution in [2.75, 3.05) is 0 Å². The van der Waals surface area contributed by atoms with Crippen molar-refractivity contribution < 1.29 is 25.9 Å². The van der Waals surface area contributed by atoms with E-state index in [2.05, 4.69) is 19.9 Å². The van der Waals surface area contributed by atoms with Crippen LogP contribution in [0.3, 0.4) is 0 Å². The molecule has 0 saturated carbocycles. The van der Waals surface area contributed by atoms with Crippen molar-refractivity contribution in [3.63, 3.8) is 0 Å². The van der Waals surface area contributed by atoms with Crippen molar-refractivity contribution >= 4 is 53.1 Å². The molecule has 6 rings (SSSR count). The number of benzene rings is 3. The molecule has 0 bridgehead atoms. The van der Waals surface area contributed by atoms with E-state index >= 15 is 0 Å². The molecule has 2 heterocycles. The predicted octanol–water partition coefficient (Wildman–Crippen LogP) is 2.80. The van der Waals surface area contributed by atoms with Crippen LogP contribution in [0, 0.1) is 0 Å². The summed E-state index contributed by atoms with van der Waals surface area (Å²) in [4.78, 5) is 13.9. The van der Waals surface area contributed by atoms with E-state index in [0.29, 0.717) is 22.5 Å². The molecule has 0 unspecified atom stereocenters. The van der Waals surface area contributed by atoms with Gasteiger partial charge >= 0.3 is 0 Å². The molecular formula is C19H10N4O6S2. The molecule has 31 heavy (non-hydrogen) atoms. The SMILES string of the molecule is O=S(=O)(O)c1c2nc3c(nc2c(S(=O)(=O)O)c2[nH]cnc12)-c1cccc2cccc-3c12. The highest BCUT2D eigenvalue weighted by Crippen LogP contribution is 2.47. The zero-order chi connectivity index (χ0) is 21.7. The summed E-state index contributed by atoms with van der Waals surface area (Å²) >= 11 is 0. The van der Waals surface area contributed by atoms with Gasteiger partial charge in [-0.1, -0.05) is 36.4 Å². The molecule has 154 valence electrons. The van der Waals surface area contributed by atoms with Gasteiger partial charge in [-0.05, 0) is 5.39 Å². The molecular weight excluding hydrogens is 444 g/mol. The van der Waals surface area contributed by atoms with Gasteiger partial charge in [0.25, 0.3) is 20.2 Å². The maximum Gasteiger partial charge on any atom is 0.299 e. The monoisotopic (exact) mass is 454 g/mol. The first-order valence-corrected chi connectivity index (χ1v) is 11.7. The summed E-state index contributed by atoms with van der Waals surface area (Å²) < 4.78 is 68.8. The number of hydrogen-bond acceptors (Lipinski definition) is 7. The summed E-state index contributed by atoms with van der Waals surface area (Å²) in [6.45, 7) is 0. The Morgan fingerprint density at radius 1 is 0.742 bits per heavy atom. The highest BCUT2D eigenvalue weighted by atomic mass is 32.2.